The Morgan fingerprint density at radius 3 is 2.75 bits per heavy atom. The van der Waals surface area contributed by atoms with E-state index < -0.39 is 0 Å². The Kier molecular flexibility index (Phi) is 5.21. The Morgan fingerprint density at radius 1 is 1.44 bits per heavy atom. The first-order chi connectivity index (χ1) is 7.65. The number of hydrogen-bond donors (Lipinski definition) is 3. The summed E-state index contributed by atoms with van der Waals surface area (Å²) in [6.07, 6.45) is 1.72. The largest absolute Gasteiger partial charge is 0.396 e. The molecule has 0 aliphatic carbocycles. The molecule has 0 aromatic carbocycles. The van der Waals surface area contributed by atoms with Gasteiger partial charge < -0.3 is 16.2 Å². The molecule has 1 atom stereocenters. The van der Waals surface area contributed by atoms with Crippen LogP contribution in [0, 0.1) is 5.92 Å². The van der Waals surface area contributed by atoms with Crippen molar-refractivity contribution in [3.8, 4) is 0 Å². The second-order valence-corrected chi connectivity index (χ2v) is 3.79. The van der Waals surface area contributed by atoms with E-state index in [1.165, 1.54) is 0 Å². The first-order valence-corrected chi connectivity index (χ1v) is 5.55. The molecular formula is C9H16ClN5O. The number of halogens is 1. The van der Waals surface area contributed by atoms with Gasteiger partial charge in [0.25, 0.3) is 0 Å². The molecule has 1 rings (SSSR count). The highest BCUT2D eigenvalue weighted by Crippen LogP contribution is 2.11. The highest BCUT2D eigenvalue weighted by atomic mass is 35.5. The zero-order valence-electron chi connectivity index (χ0n) is 9.15. The Labute approximate surface area is 99.3 Å². The standard InChI is InChI=1S/C9H16ClN5O/c1-2-6(3-4-16)5-12-9-14-7(10)13-8(11)15-9/h6,16H,2-5H2,1H3,(H3,11,12,13,14,15). The smallest absolute Gasteiger partial charge is 0.228 e. The normalized spacial score (nSPS) is 12.4. The van der Waals surface area contributed by atoms with Crippen LogP contribution >= 0.6 is 11.6 Å². The number of nitrogens with zero attached hydrogens (tertiary/aromatic N) is 3. The molecule has 0 saturated carbocycles. The van der Waals surface area contributed by atoms with Crippen LogP contribution in [0.4, 0.5) is 11.9 Å². The van der Waals surface area contributed by atoms with Gasteiger partial charge in [0.15, 0.2) is 0 Å². The number of aliphatic hydroxyl groups excluding tert-OH is 1. The predicted octanol–water partition coefficient (Wildman–Crippen LogP) is 0.928. The number of hydrogen-bond acceptors (Lipinski definition) is 6. The van der Waals surface area contributed by atoms with Crippen molar-refractivity contribution in [3.63, 3.8) is 0 Å². The van der Waals surface area contributed by atoms with Crippen molar-refractivity contribution in [1.82, 2.24) is 15.0 Å². The summed E-state index contributed by atoms with van der Waals surface area (Å²) in [6, 6.07) is 0. The van der Waals surface area contributed by atoms with Crippen LogP contribution in [-0.2, 0) is 0 Å². The quantitative estimate of drug-likeness (QED) is 0.690. The van der Waals surface area contributed by atoms with E-state index in [9.17, 15) is 0 Å². The molecule has 0 aliphatic rings. The number of rotatable bonds is 6. The van der Waals surface area contributed by atoms with Crippen molar-refractivity contribution in [3.05, 3.63) is 5.28 Å². The van der Waals surface area contributed by atoms with Gasteiger partial charge in [-0.15, -0.1) is 0 Å². The number of nitrogen functional groups attached to an aromatic ring is 1. The minimum absolute atomic E-state index is 0.0743. The van der Waals surface area contributed by atoms with Crippen molar-refractivity contribution in [1.29, 1.82) is 0 Å². The van der Waals surface area contributed by atoms with E-state index in [-0.39, 0.29) is 17.8 Å². The van der Waals surface area contributed by atoms with Gasteiger partial charge in [-0.3, -0.25) is 0 Å². The minimum atomic E-state index is 0.0743. The third-order valence-electron chi connectivity index (χ3n) is 2.29. The Balaban J connectivity index is 2.52. The van der Waals surface area contributed by atoms with Gasteiger partial charge in [-0.1, -0.05) is 13.3 Å². The van der Waals surface area contributed by atoms with E-state index in [2.05, 4.69) is 27.2 Å². The number of aliphatic hydroxyl groups is 1. The van der Waals surface area contributed by atoms with Crippen LogP contribution in [0.1, 0.15) is 19.8 Å². The Morgan fingerprint density at radius 2 is 2.19 bits per heavy atom. The van der Waals surface area contributed by atoms with Gasteiger partial charge in [-0.05, 0) is 23.9 Å². The molecule has 0 saturated heterocycles. The average Bonchev–Trinajstić information content (AvgIpc) is 2.23. The van der Waals surface area contributed by atoms with E-state index in [0.29, 0.717) is 18.4 Å². The number of nitrogens with two attached hydrogens (primary N) is 1. The fraction of sp³-hybridized carbons (Fsp3) is 0.667. The minimum Gasteiger partial charge on any atom is -0.396 e. The summed E-state index contributed by atoms with van der Waals surface area (Å²) in [5.74, 6) is 0.841. The van der Waals surface area contributed by atoms with Crippen LogP contribution in [0.3, 0.4) is 0 Å². The fourth-order valence-electron chi connectivity index (χ4n) is 1.31. The molecule has 4 N–H and O–H groups in total. The maximum Gasteiger partial charge on any atom is 0.228 e. The lowest BCUT2D eigenvalue weighted by Crippen LogP contribution is -2.17. The van der Waals surface area contributed by atoms with Gasteiger partial charge in [0, 0.05) is 13.2 Å². The van der Waals surface area contributed by atoms with Gasteiger partial charge >= 0.3 is 0 Å². The molecule has 0 fully saturated rings. The van der Waals surface area contributed by atoms with Gasteiger partial charge in [0.05, 0.1) is 0 Å². The van der Waals surface area contributed by atoms with Gasteiger partial charge in [0.2, 0.25) is 17.2 Å². The summed E-state index contributed by atoms with van der Waals surface area (Å²) in [6.45, 7) is 2.92. The van der Waals surface area contributed by atoms with Crippen LogP contribution in [0.5, 0.6) is 0 Å². The van der Waals surface area contributed by atoms with Crippen molar-refractivity contribution in [2.24, 2.45) is 5.92 Å². The number of anilines is 2. The third kappa shape index (κ3) is 4.16. The van der Waals surface area contributed by atoms with Crippen molar-refractivity contribution in [2.75, 3.05) is 24.2 Å². The van der Waals surface area contributed by atoms with Crippen molar-refractivity contribution in [2.45, 2.75) is 19.8 Å². The lowest BCUT2D eigenvalue weighted by Gasteiger charge is -2.14. The lowest BCUT2D eigenvalue weighted by atomic mass is 10.0. The predicted molar refractivity (Wildman–Crippen MR) is 63.2 cm³/mol. The summed E-state index contributed by atoms with van der Waals surface area (Å²) in [5, 5.41) is 11.9. The Bertz CT molecular complexity index is 315. The first kappa shape index (κ1) is 12.9. The maximum atomic E-state index is 8.84. The molecule has 0 radical (unpaired) electrons. The van der Waals surface area contributed by atoms with Crippen LogP contribution in [-0.4, -0.2) is 33.2 Å². The maximum absolute atomic E-state index is 8.84. The highest BCUT2D eigenvalue weighted by Gasteiger charge is 2.07. The first-order valence-electron chi connectivity index (χ1n) is 5.17. The molecule has 0 bridgehead atoms. The summed E-state index contributed by atoms with van der Waals surface area (Å²) in [7, 11) is 0. The molecule has 6 nitrogen and oxygen atoms in total. The van der Waals surface area contributed by atoms with Gasteiger partial charge in [-0.25, -0.2) is 0 Å². The molecule has 0 aliphatic heterocycles. The molecule has 1 heterocycles. The fourth-order valence-corrected chi connectivity index (χ4v) is 1.48. The third-order valence-corrected chi connectivity index (χ3v) is 2.46. The molecule has 7 heteroatoms. The topological polar surface area (TPSA) is 97.0 Å². The molecule has 1 unspecified atom stereocenters. The summed E-state index contributed by atoms with van der Waals surface area (Å²) >= 11 is 5.64. The molecule has 0 spiro atoms. The van der Waals surface area contributed by atoms with E-state index >= 15 is 0 Å². The second-order valence-electron chi connectivity index (χ2n) is 3.45. The van der Waals surface area contributed by atoms with Crippen LogP contribution in [0.25, 0.3) is 0 Å². The van der Waals surface area contributed by atoms with Gasteiger partial charge in [-0.2, -0.15) is 15.0 Å². The molecule has 16 heavy (non-hydrogen) atoms. The van der Waals surface area contributed by atoms with Gasteiger partial charge in [0.1, 0.15) is 0 Å². The SMILES string of the molecule is CCC(CCO)CNc1nc(N)nc(Cl)n1. The number of aromatic nitrogens is 3. The zero-order valence-corrected chi connectivity index (χ0v) is 9.91. The summed E-state index contributed by atoms with van der Waals surface area (Å²) in [4.78, 5) is 11.4. The molecule has 0 amide bonds. The monoisotopic (exact) mass is 245 g/mol. The van der Waals surface area contributed by atoms with E-state index in [1.807, 2.05) is 0 Å². The number of nitrogens with one attached hydrogen (secondary N) is 1. The lowest BCUT2D eigenvalue weighted by molar-refractivity contribution is 0.258. The van der Waals surface area contributed by atoms with Crippen molar-refractivity contribution < 1.29 is 5.11 Å². The van der Waals surface area contributed by atoms with E-state index in [4.69, 9.17) is 22.4 Å². The highest BCUT2D eigenvalue weighted by molar-refractivity contribution is 6.28. The zero-order chi connectivity index (χ0) is 12.0. The van der Waals surface area contributed by atoms with E-state index in [1.54, 1.807) is 0 Å². The Hall–Kier alpha value is -1.14. The van der Waals surface area contributed by atoms with Crippen LogP contribution < -0.4 is 11.1 Å². The summed E-state index contributed by atoms with van der Waals surface area (Å²) in [5.41, 5.74) is 5.43. The molecule has 1 aromatic heterocycles. The van der Waals surface area contributed by atoms with E-state index in [0.717, 1.165) is 12.8 Å². The average molecular weight is 246 g/mol. The second kappa shape index (κ2) is 6.44. The summed E-state index contributed by atoms with van der Waals surface area (Å²) < 4.78 is 0. The molecular weight excluding hydrogens is 230 g/mol. The molecule has 90 valence electrons. The van der Waals surface area contributed by atoms with Crippen LogP contribution in [0.15, 0.2) is 0 Å². The van der Waals surface area contributed by atoms with Crippen LogP contribution in [0.2, 0.25) is 5.28 Å². The molecule has 1 aromatic rings. The van der Waals surface area contributed by atoms with Crippen molar-refractivity contribution >= 4 is 23.5 Å².